The van der Waals surface area contributed by atoms with Crippen molar-refractivity contribution in [2.75, 3.05) is 18.6 Å². The van der Waals surface area contributed by atoms with Crippen LogP contribution in [-0.2, 0) is 0 Å². The molecule has 78 valence electrons. The van der Waals surface area contributed by atoms with Gasteiger partial charge >= 0.3 is 0 Å². The van der Waals surface area contributed by atoms with Crippen LogP contribution in [0.2, 0.25) is 0 Å². The maximum atomic E-state index is 9.80. The molecular formula is C10H15NO2S. The summed E-state index contributed by atoms with van der Waals surface area (Å²) < 4.78 is 5.11. The van der Waals surface area contributed by atoms with Crippen LogP contribution in [0.4, 0.5) is 0 Å². The van der Waals surface area contributed by atoms with Crippen LogP contribution in [0, 0.1) is 0 Å². The van der Waals surface area contributed by atoms with Crippen LogP contribution in [0.3, 0.4) is 0 Å². The van der Waals surface area contributed by atoms with Crippen molar-refractivity contribution in [3.05, 3.63) is 24.0 Å². The van der Waals surface area contributed by atoms with Crippen LogP contribution in [0.25, 0.3) is 0 Å². The number of aliphatic hydroxyl groups is 1. The van der Waals surface area contributed by atoms with E-state index in [1.807, 2.05) is 6.07 Å². The van der Waals surface area contributed by atoms with Gasteiger partial charge < -0.3 is 9.84 Å². The number of pyridine rings is 1. The van der Waals surface area contributed by atoms with Crippen LogP contribution in [0.15, 0.2) is 18.3 Å². The monoisotopic (exact) mass is 213 g/mol. The largest absolute Gasteiger partial charge is 0.495 e. The molecule has 1 N–H and O–H groups in total. The summed E-state index contributed by atoms with van der Waals surface area (Å²) in [6, 6.07) is 3.60. The van der Waals surface area contributed by atoms with Gasteiger partial charge in [0.25, 0.3) is 0 Å². The van der Waals surface area contributed by atoms with Gasteiger partial charge in [0.2, 0.25) is 0 Å². The molecule has 1 atom stereocenters. The average molecular weight is 213 g/mol. The van der Waals surface area contributed by atoms with Gasteiger partial charge in [0.05, 0.1) is 7.11 Å². The van der Waals surface area contributed by atoms with E-state index in [1.165, 1.54) is 0 Å². The molecule has 0 aliphatic carbocycles. The summed E-state index contributed by atoms with van der Waals surface area (Å²) in [6.07, 6.45) is 1.12. The number of rotatable bonds is 5. The third kappa shape index (κ3) is 2.89. The number of aromatic nitrogens is 1. The highest BCUT2D eigenvalue weighted by atomic mass is 32.2. The summed E-state index contributed by atoms with van der Waals surface area (Å²) in [6.45, 7) is 2.06. The second-order valence-corrected chi connectivity index (χ2v) is 4.09. The Morgan fingerprint density at radius 3 is 3.07 bits per heavy atom. The van der Waals surface area contributed by atoms with Gasteiger partial charge in [0, 0.05) is 11.9 Å². The topological polar surface area (TPSA) is 42.4 Å². The minimum Gasteiger partial charge on any atom is -0.495 e. The molecule has 0 spiro atoms. The molecular weight excluding hydrogens is 198 g/mol. The number of nitrogens with zero attached hydrogens (tertiary/aromatic N) is 1. The third-order valence-corrected chi connectivity index (χ3v) is 2.77. The average Bonchev–Trinajstić information content (AvgIpc) is 2.25. The molecule has 0 amide bonds. The first-order valence-corrected chi connectivity index (χ1v) is 5.69. The summed E-state index contributed by atoms with van der Waals surface area (Å²) in [5, 5.41) is 9.80. The molecule has 0 aliphatic heterocycles. The maximum Gasteiger partial charge on any atom is 0.143 e. The molecule has 14 heavy (non-hydrogen) atoms. The van der Waals surface area contributed by atoms with Gasteiger partial charge in [-0.1, -0.05) is 6.92 Å². The van der Waals surface area contributed by atoms with E-state index < -0.39 is 6.10 Å². The van der Waals surface area contributed by atoms with Crippen molar-refractivity contribution in [2.24, 2.45) is 0 Å². The third-order valence-electron chi connectivity index (χ3n) is 1.82. The first kappa shape index (κ1) is 11.3. The lowest BCUT2D eigenvalue weighted by Gasteiger charge is -2.12. The van der Waals surface area contributed by atoms with Crippen molar-refractivity contribution in [3.63, 3.8) is 0 Å². The van der Waals surface area contributed by atoms with Gasteiger partial charge in [0.1, 0.15) is 17.5 Å². The minimum absolute atomic E-state index is 0.545. The normalized spacial score (nSPS) is 12.5. The fraction of sp³-hybridized carbons (Fsp3) is 0.500. The van der Waals surface area contributed by atoms with Crippen LogP contribution in [-0.4, -0.2) is 28.7 Å². The van der Waals surface area contributed by atoms with E-state index in [9.17, 15) is 5.11 Å². The lowest BCUT2D eigenvalue weighted by Crippen LogP contribution is -2.05. The smallest absolute Gasteiger partial charge is 0.143 e. The van der Waals surface area contributed by atoms with Gasteiger partial charge in [-0.2, -0.15) is 11.8 Å². The predicted molar refractivity (Wildman–Crippen MR) is 58.7 cm³/mol. The van der Waals surface area contributed by atoms with E-state index in [0.717, 1.165) is 5.75 Å². The van der Waals surface area contributed by atoms with Crippen LogP contribution >= 0.6 is 11.8 Å². The number of methoxy groups -OCH3 is 1. The Bertz CT molecular complexity index is 281. The molecule has 0 aliphatic rings. The van der Waals surface area contributed by atoms with Crippen molar-refractivity contribution in [1.29, 1.82) is 0 Å². The van der Waals surface area contributed by atoms with Gasteiger partial charge in [-0.15, -0.1) is 0 Å². The van der Waals surface area contributed by atoms with Crippen molar-refractivity contribution in [1.82, 2.24) is 4.98 Å². The van der Waals surface area contributed by atoms with Crippen LogP contribution in [0.5, 0.6) is 5.75 Å². The predicted octanol–water partition coefficient (Wildman–Crippen LogP) is 1.88. The van der Waals surface area contributed by atoms with Crippen molar-refractivity contribution < 1.29 is 9.84 Å². The summed E-state index contributed by atoms with van der Waals surface area (Å²) in [5.41, 5.74) is 0.621. The molecule has 1 aromatic rings. The SMILES string of the molecule is CCSCC(O)c1ncccc1OC. The number of hydrogen-bond donors (Lipinski definition) is 1. The zero-order valence-electron chi connectivity index (χ0n) is 8.43. The van der Waals surface area contributed by atoms with Crippen LogP contribution < -0.4 is 4.74 Å². The molecule has 1 unspecified atom stereocenters. The zero-order valence-corrected chi connectivity index (χ0v) is 9.25. The van der Waals surface area contributed by atoms with Gasteiger partial charge in [-0.3, -0.25) is 4.98 Å². The Morgan fingerprint density at radius 2 is 2.43 bits per heavy atom. The maximum absolute atomic E-state index is 9.80. The number of ether oxygens (including phenoxy) is 1. The highest BCUT2D eigenvalue weighted by molar-refractivity contribution is 7.99. The van der Waals surface area contributed by atoms with E-state index >= 15 is 0 Å². The summed E-state index contributed by atoms with van der Waals surface area (Å²) >= 11 is 1.68. The molecule has 0 saturated carbocycles. The Hall–Kier alpha value is -0.740. The molecule has 1 heterocycles. The van der Waals surface area contributed by atoms with Crippen molar-refractivity contribution in [3.8, 4) is 5.75 Å². The Morgan fingerprint density at radius 1 is 1.64 bits per heavy atom. The highest BCUT2D eigenvalue weighted by Gasteiger charge is 2.13. The number of hydrogen-bond acceptors (Lipinski definition) is 4. The molecule has 1 rings (SSSR count). The summed E-state index contributed by atoms with van der Waals surface area (Å²) in [5.74, 6) is 2.30. The van der Waals surface area contributed by atoms with Gasteiger partial charge in [0.15, 0.2) is 0 Å². The molecule has 0 fully saturated rings. The first-order valence-electron chi connectivity index (χ1n) is 4.54. The molecule has 4 heteroatoms. The standard InChI is InChI=1S/C10H15NO2S/c1-3-14-7-8(12)10-9(13-2)5-4-6-11-10/h4-6,8,12H,3,7H2,1-2H3. The second-order valence-electron chi connectivity index (χ2n) is 2.77. The van der Waals surface area contributed by atoms with Crippen molar-refractivity contribution in [2.45, 2.75) is 13.0 Å². The lowest BCUT2D eigenvalue weighted by molar-refractivity contribution is 0.193. The molecule has 0 radical (unpaired) electrons. The first-order chi connectivity index (χ1) is 6.79. The fourth-order valence-electron chi connectivity index (χ4n) is 1.13. The van der Waals surface area contributed by atoms with Gasteiger partial charge in [-0.25, -0.2) is 0 Å². The van der Waals surface area contributed by atoms with E-state index in [1.54, 1.807) is 31.1 Å². The van der Waals surface area contributed by atoms with E-state index in [0.29, 0.717) is 17.2 Å². The molecule has 0 aromatic carbocycles. The van der Waals surface area contributed by atoms with Crippen LogP contribution in [0.1, 0.15) is 18.7 Å². The lowest BCUT2D eigenvalue weighted by atomic mass is 10.2. The number of aliphatic hydroxyl groups excluding tert-OH is 1. The summed E-state index contributed by atoms with van der Waals surface area (Å²) in [4.78, 5) is 4.11. The van der Waals surface area contributed by atoms with Gasteiger partial charge in [-0.05, 0) is 17.9 Å². The molecule has 0 bridgehead atoms. The summed E-state index contributed by atoms with van der Waals surface area (Å²) in [7, 11) is 1.58. The quantitative estimate of drug-likeness (QED) is 0.811. The Balaban J connectivity index is 2.72. The molecule has 0 saturated heterocycles. The molecule has 3 nitrogen and oxygen atoms in total. The number of thioether (sulfide) groups is 1. The fourth-order valence-corrected chi connectivity index (χ4v) is 1.75. The Labute approximate surface area is 88.5 Å². The highest BCUT2D eigenvalue weighted by Crippen LogP contribution is 2.24. The zero-order chi connectivity index (χ0) is 10.4. The van der Waals surface area contributed by atoms with Crippen molar-refractivity contribution >= 4 is 11.8 Å². The Kier molecular flexibility index (Phi) is 4.76. The minimum atomic E-state index is -0.545. The van der Waals surface area contributed by atoms with E-state index in [4.69, 9.17) is 4.74 Å². The second kappa shape index (κ2) is 5.88. The van der Waals surface area contributed by atoms with E-state index in [2.05, 4.69) is 11.9 Å². The molecule has 1 aromatic heterocycles. The van der Waals surface area contributed by atoms with E-state index in [-0.39, 0.29) is 0 Å².